The molecule has 0 aliphatic rings. The Hall–Kier alpha value is -3.39. The highest BCUT2D eigenvalue weighted by Crippen LogP contribution is 2.26. The van der Waals surface area contributed by atoms with Gasteiger partial charge in [0.15, 0.2) is 0 Å². The van der Waals surface area contributed by atoms with Crippen LogP contribution in [0.15, 0.2) is 71.6 Å². The van der Waals surface area contributed by atoms with Gasteiger partial charge in [-0.05, 0) is 87.4 Å². The summed E-state index contributed by atoms with van der Waals surface area (Å²) in [7, 11) is -4.11. The normalized spacial score (nSPS) is 12.1. The van der Waals surface area contributed by atoms with Crippen molar-refractivity contribution >= 4 is 21.6 Å². The van der Waals surface area contributed by atoms with Crippen LogP contribution in [0, 0.1) is 19.7 Å². The van der Waals surface area contributed by atoms with Gasteiger partial charge in [0, 0.05) is 0 Å². The number of aryl methyl sites for hydroxylation is 2. The third kappa shape index (κ3) is 5.94. The molecule has 0 unspecified atom stereocenters. The molecule has 0 bridgehead atoms. The highest BCUT2D eigenvalue weighted by Gasteiger charge is 2.28. The number of hydrogen-bond donors (Lipinski definition) is 1. The molecular weight excluding hydrogens is 455 g/mol. The first kappa shape index (κ1) is 25.2. The quantitative estimate of drug-likeness (QED) is 0.468. The fourth-order valence-corrected chi connectivity index (χ4v) is 5.15. The lowest BCUT2D eigenvalue weighted by Gasteiger charge is -2.25. The van der Waals surface area contributed by atoms with Gasteiger partial charge in [-0.1, -0.05) is 23.8 Å². The Morgan fingerprint density at radius 3 is 2.26 bits per heavy atom. The Balaban J connectivity index is 1.88. The molecule has 6 nitrogen and oxygen atoms in total. The number of rotatable bonds is 9. The number of benzene rings is 3. The van der Waals surface area contributed by atoms with Crippen LogP contribution in [-0.4, -0.2) is 27.5 Å². The Morgan fingerprint density at radius 1 is 1.03 bits per heavy atom. The van der Waals surface area contributed by atoms with Crippen molar-refractivity contribution in [1.82, 2.24) is 5.32 Å². The van der Waals surface area contributed by atoms with Crippen LogP contribution in [0.5, 0.6) is 5.75 Å². The summed E-state index contributed by atoms with van der Waals surface area (Å²) in [6.07, 6.45) is 0. The largest absolute Gasteiger partial charge is 0.494 e. The standard InChI is InChI=1S/C26H29FN2O4S/c1-5-33-23-11-13-24(14-12-23)34(31,32)29(22-9-7-21(27)8-10-22)17-26(30)28-20(4)25-15-6-18(2)16-19(25)3/h6-16,20H,5,17H2,1-4H3,(H,28,30)/t20-/m1/s1. The minimum atomic E-state index is -4.11. The summed E-state index contributed by atoms with van der Waals surface area (Å²) in [5, 5.41) is 2.88. The first-order valence-electron chi connectivity index (χ1n) is 11.0. The van der Waals surface area contributed by atoms with Crippen LogP contribution in [0.3, 0.4) is 0 Å². The lowest BCUT2D eigenvalue weighted by Crippen LogP contribution is -2.41. The number of ether oxygens (including phenoxy) is 1. The van der Waals surface area contributed by atoms with E-state index in [4.69, 9.17) is 4.74 Å². The SMILES string of the molecule is CCOc1ccc(S(=O)(=O)N(CC(=O)N[C@H](C)c2ccc(C)cc2C)c2ccc(F)cc2)cc1. The van der Waals surface area contributed by atoms with Crippen LogP contribution >= 0.6 is 0 Å². The van der Waals surface area contributed by atoms with Gasteiger partial charge in [-0.3, -0.25) is 9.10 Å². The number of sulfonamides is 1. The van der Waals surface area contributed by atoms with Crippen molar-refractivity contribution in [3.63, 3.8) is 0 Å². The van der Waals surface area contributed by atoms with Crippen molar-refractivity contribution in [3.8, 4) is 5.75 Å². The lowest BCUT2D eigenvalue weighted by atomic mass is 10.0. The first-order valence-corrected chi connectivity index (χ1v) is 12.4. The van der Waals surface area contributed by atoms with E-state index >= 15 is 0 Å². The Kier molecular flexibility index (Phi) is 7.94. The van der Waals surface area contributed by atoms with Gasteiger partial charge in [-0.2, -0.15) is 0 Å². The molecule has 1 N–H and O–H groups in total. The minimum Gasteiger partial charge on any atom is -0.494 e. The van der Waals surface area contributed by atoms with Crippen molar-refractivity contribution in [2.75, 3.05) is 17.5 Å². The summed E-state index contributed by atoms with van der Waals surface area (Å²) in [6.45, 7) is 7.62. The third-order valence-electron chi connectivity index (χ3n) is 5.39. The molecule has 8 heteroatoms. The molecule has 0 saturated carbocycles. The number of halogens is 1. The van der Waals surface area contributed by atoms with Gasteiger partial charge in [0.1, 0.15) is 18.1 Å². The number of amides is 1. The zero-order valence-electron chi connectivity index (χ0n) is 19.7. The van der Waals surface area contributed by atoms with E-state index in [9.17, 15) is 17.6 Å². The molecule has 3 aromatic rings. The number of anilines is 1. The molecule has 1 atom stereocenters. The highest BCUT2D eigenvalue weighted by atomic mass is 32.2. The number of carbonyl (C=O) groups excluding carboxylic acids is 1. The minimum absolute atomic E-state index is 0.00416. The number of nitrogens with zero attached hydrogens (tertiary/aromatic N) is 1. The van der Waals surface area contributed by atoms with E-state index in [1.807, 2.05) is 45.9 Å². The second-order valence-corrected chi connectivity index (χ2v) is 9.90. The van der Waals surface area contributed by atoms with E-state index in [0.29, 0.717) is 12.4 Å². The zero-order valence-corrected chi connectivity index (χ0v) is 20.5. The van der Waals surface area contributed by atoms with E-state index in [1.54, 1.807) is 12.1 Å². The van der Waals surface area contributed by atoms with Gasteiger partial charge in [0.25, 0.3) is 10.0 Å². The molecule has 0 aliphatic heterocycles. The summed E-state index contributed by atoms with van der Waals surface area (Å²) in [6, 6.07) is 16.6. The predicted molar refractivity (Wildman–Crippen MR) is 131 cm³/mol. The van der Waals surface area contributed by atoms with E-state index in [-0.39, 0.29) is 16.6 Å². The van der Waals surface area contributed by atoms with E-state index < -0.39 is 28.3 Å². The monoisotopic (exact) mass is 484 g/mol. The third-order valence-corrected chi connectivity index (χ3v) is 7.18. The van der Waals surface area contributed by atoms with E-state index in [1.165, 1.54) is 24.3 Å². The second-order valence-electron chi connectivity index (χ2n) is 8.04. The van der Waals surface area contributed by atoms with Gasteiger partial charge in [-0.25, -0.2) is 12.8 Å². The average Bonchev–Trinajstić information content (AvgIpc) is 2.78. The highest BCUT2D eigenvalue weighted by molar-refractivity contribution is 7.92. The maximum atomic E-state index is 13.5. The first-order chi connectivity index (χ1) is 16.1. The van der Waals surface area contributed by atoms with E-state index in [2.05, 4.69) is 5.32 Å². The smallest absolute Gasteiger partial charge is 0.264 e. The summed E-state index contributed by atoms with van der Waals surface area (Å²) in [4.78, 5) is 13.0. The van der Waals surface area contributed by atoms with Crippen molar-refractivity contribution in [3.05, 3.63) is 89.2 Å². The molecule has 3 rings (SSSR count). The maximum absolute atomic E-state index is 13.5. The molecule has 3 aromatic carbocycles. The average molecular weight is 485 g/mol. The van der Waals surface area contributed by atoms with Crippen LogP contribution in [0.4, 0.5) is 10.1 Å². The Labute approximate surface area is 200 Å². The van der Waals surface area contributed by atoms with Crippen molar-refractivity contribution < 1.29 is 22.3 Å². The van der Waals surface area contributed by atoms with Gasteiger partial charge in [-0.15, -0.1) is 0 Å². The molecule has 0 spiro atoms. The summed E-state index contributed by atoms with van der Waals surface area (Å²) in [5.41, 5.74) is 3.28. The van der Waals surface area contributed by atoms with Gasteiger partial charge >= 0.3 is 0 Å². The lowest BCUT2D eigenvalue weighted by molar-refractivity contribution is -0.120. The van der Waals surface area contributed by atoms with Crippen molar-refractivity contribution in [2.24, 2.45) is 0 Å². The fourth-order valence-electron chi connectivity index (χ4n) is 3.73. The maximum Gasteiger partial charge on any atom is 0.264 e. The van der Waals surface area contributed by atoms with Crippen LogP contribution in [0.2, 0.25) is 0 Å². The summed E-state index contributed by atoms with van der Waals surface area (Å²) in [5.74, 6) is -0.448. The molecule has 1 amide bonds. The molecule has 180 valence electrons. The Morgan fingerprint density at radius 2 is 1.68 bits per heavy atom. The number of nitrogens with one attached hydrogen (secondary N) is 1. The molecule has 0 heterocycles. The van der Waals surface area contributed by atoms with Crippen LogP contribution in [-0.2, 0) is 14.8 Å². The molecule has 0 radical (unpaired) electrons. The number of carbonyl (C=O) groups is 1. The van der Waals surface area contributed by atoms with Crippen molar-refractivity contribution in [2.45, 2.75) is 38.6 Å². The molecule has 0 saturated heterocycles. The molecule has 0 fully saturated rings. The predicted octanol–water partition coefficient (Wildman–Crippen LogP) is 4.91. The fraction of sp³-hybridized carbons (Fsp3) is 0.269. The summed E-state index contributed by atoms with van der Waals surface area (Å²) < 4.78 is 46.8. The van der Waals surface area contributed by atoms with Crippen LogP contribution < -0.4 is 14.4 Å². The van der Waals surface area contributed by atoms with Gasteiger partial charge in [0.2, 0.25) is 5.91 Å². The van der Waals surface area contributed by atoms with Crippen LogP contribution in [0.25, 0.3) is 0 Å². The molecule has 34 heavy (non-hydrogen) atoms. The van der Waals surface area contributed by atoms with E-state index in [0.717, 1.165) is 33.1 Å². The molecular formula is C26H29FN2O4S. The van der Waals surface area contributed by atoms with Crippen LogP contribution in [0.1, 0.15) is 36.6 Å². The molecule has 0 aliphatic carbocycles. The van der Waals surface area contributed by atoms with Crippen molar-refractivity contribution in [1.29, 1.82) is 0 Å². The summed E-state index contributed by atoms with van der Waals surface area (Å²) >= 11 is 0. The molecule has 0 aromatic heterocycles. The Bertz CT molecular complexity index is 1240. The van der Waals surface area contributed by atoms with Gasteiger partial charge in [0.05, 0.1) is 23.2 Å². The number of hydrogen-bond acceptors (Lipinski definition) is 4. The topological polar surface area (TPSA) is 75.7 Å². The second kappa shape index (κ2) is 10.7. The zero-order chi connectivity index (χ0) is 24.9. The van der Waals surface area contributed by atoms with Gasteiger partial charge < -0.3 is 10.1 Å².